The van der Waals surface area contributed by atoms with E-state index in [1.165, 1.54) is 18.9 Å². The maximum Gasteiger partial charge on any atom is 0.141 e. The Morgan fingerprint density at radius 2 is 2.29 bits per heavy atom. The van der Waals surface area contributed by atoms with Crippen LogP contribution in [0.2, 0.25) is 5.02 Å². The number of benzene rings is 1. The van der Waals surface area contributed by atoms with Gasteiger partial charge in [0, 0.05) is 19.7 Å². The summed E-state index contributed by atoms with van der Waals surface area (Å²) in [6, 6.07) is 5.22. The zero-order valence-corrected chi connectivity index (χ0v) is 10.6. The van der Waals surface area contributed by atoms with E-state index in [0.29, 0.717) is 12.6 Å². The van der Waals surface area contributed by atoms with Gasteiger partial charge in [0.2, 0.25) is 0 Å². The van der Waals surface area contributed by atoms with E-state index in [1.807, 2.05) is 0 Å². The van der Waals surface area contributed by atoms with Gasteiger partial charge in [-0.2, -0.15) is 0 Å². The van der Waals surface area contributed by atoms with E-state index < -0.39 is 0 Å². The molecule has 1 N–H and O–H groups in total. The number of hydrogen-bond donors (Lipinski definition) is 1. The van der Waals surface area contributed by atoms with Gasteiger partial charge in [-0.3, -0.25) is 0 Å². The summed E-state index contributed by atoms with van der Waals surface area (Å²) < 4.78 is 18.2. The summed E-state index contributed by atoms with van der Waals surface area (Å²) in [6.07, 6.45) is 2.54. The first-order chi connectivity index (χ1) is 8.20. The first-order valence-corrected chi connectivity index (χ1v) is 6.24. The predicted molar refractivity (Wildman–Crippen MR) is 66.6 cm³/mol. The minimum absolute atomic E-state index is 0.180. The van der Waals surface area contributed by atoms with E-state index in [-0.39, 0.29) is 10.8 Å². The smallest absolute Gasteiger partial charge is 0.141 e. The Balaban J connectivity index is 1.89. The number of rotatable bonds is 6. The van der Waals surface area contributed by atoms with Gasteiger partial charge >= 0.3 is 0 Å². The van der Waals surface area contributed by atoms with Gasteiger partial charge in [0.25, 0.3) is 0 Å². The van der Waals surface area contributed by atoms with Crippen LogP contribution in [0.15, 0.2) is 18.2 Å². The topological polar surface area (TPSA) is 21.3 Å². The van der Waals surface area contributed by atoms with Gasteiger partial charge in [0.1, 0.15) is 5.82 Å². The normalized spacial score (nSPS) is 17.1. The second kappa shape index (κ2) is 5.80. The van der Waals surface area contributed by atoms with Crippen LogP contribution in [0.4, 0.5) is 4.39 Å². The highest BCUT2D eigenvalue weighted by atomic mass is 35.5. The molecule has 1 aliphatic carbocycles. The van der Waals surface area contributed by atoms with Crippen molar-refractivity contribution in [2.75, 3.05) is 13.7 Å². The molecule has 2 nitrogen and oxygen atoms in total. The molecule has 17 heavy (non-hydrogen) atoms. The van der Waals surface area contributed by atoms with Gasteiger partial charge in [-0.25, -0.2) is 4.39 Å². The van der Waals surface area contributed by atoms with Crippen LogP contribution >= 0.6 is 11.6 Å². The summed E-state index contributed by atoms with van der Waals surface area (Å²) in [7, 11) is 1.71. The quantitative estimate of drug-likeness (QED) is 0.846. The molecule has 1 unspecified atom stereocenters. The van der Waals surface area contributed by atoms with E-state index in [4.69, 9.17) is 16.3 Å². The Hall–Kier alpha value is -0.640. The average molecular weight is 258 g/mol. The molecule has 0 spiro atoms. The van der Waals surface area contributed by atoms with Crippen LogP contribution in [-0.4, -0.2) is 19.8 Å². The molecule has 1 aromatic carbocycles. The Labute approximate surface area is 106 Å². The number of ether oxygens (including phenoxy) is 1. The molecule has 4 heteroatoms. The van der Waals surface area contributed by atoms with Gasteiger partial charge in [-0.1, -0.05) is 17.7 Å². The van der Waals surface area contributed by atoms with Crippen molar-refractivity contribution < 1.29 is 9.13 Å². The zero-order valence-electron chi connectivity index (χ0n) is 9.88. The van der Waals surface area contributed by atoms with Crippen LogP contribution in [0.1, 0.15) is 18.4 Å². The van der Waals surface area contributed by atoms with Crippen LogP contribution in [0, 0.1) is 11.7 Å². The molecule has 1 atom stereocenters. The maximum atomic E-state index is 13.0. The summed E-state index contributed by atoms with van der Waals surface area (Å²) in [5, 5.41) is 3.62. The van der Waals surface area contributed by atoms with E-state index >= 15 is 0 Å². The molecule has 1 aliphatic rings. The van der Waals surface area contributed by atoms with Gasteiger partial charge in [-0.05, 0) is 36.5 Å². The Morgan fingerprint density at radius 1 is 1.53 bits per heavy atom. The second-order valence-electron chi connectivity index (χ2n) is 4.53. The zero-order chi connectivity index (χ0) is 12.3. The van der Waals surface area contributed by atoms with Crippen LogP contribution < -0.4 is 5.32 Å². The highest BCUT2D eigenvalue weighted by molar-refractivity contribution is 6.30. The molecule has 0 radical (unpaired) electrons. The van der Waals surface area contributed by atoms with E-state index in [0.717, 1.165) is 18.1 Å². The largest absolute Gasteiger partial charge is 0.383 e. The molecule has 0 bridgehead atoms. The van der Waals surface area contributed by atoms with Crippen LogP contribution in [0.3, 0.4) is 0 Å². The average Bonchev–Trinajstić information content (AvgIpc) is 3.13. The Kier molecular flexibility index (Phi) is 4.37. The molecule has 0 aromatic heterocycles. The third-order valence-corrected chi connectivity index (χ3v) is 3.38. The summed E-state index contributed by atoms with van der Waals surface area (Å²) in [4.78, 5) is 0. The Bertz CT molecular complexity index is 382. The summed E-state index contributed by atoms with van der Waals surface area (Å²) >= 11 is 5.74. The lowest BCUT2D eigenvalue weighted by Gasteiger charge is -2.17. The second-order valence-corrected chi connectivity index (χ2v) is 4.94. The third-order valence-electron chi connectivity index (χ3n) is 3.09. The summed E-state index contributed by atoms with van der Waals surface area (Å²) in [5.41, 5.74) is 0.998. The van der Waals surface area contributed by atoms with Crippen molar-refractivity contribution in [3.63, 3.8) is 0 Å². The van der Waals surface area contributed by atoms with Crippen LogP contribution in [0.25, 0.3) is 0 Å². The molecule has 1 saturated carbocycles. The fraction of sp³-hybridized carbons (Fsp3) is 0.538. The number of methoxy groups -OCH3 is 1. The lowest BCUT2D eigenvalue weighted by Crippen LogP contribution is -2.34. The Morgan fingerprint density at radius 3 is 2.88 bits per heavy atom. The lowest BCUT2D eigenvalue weighted by molar-refractivity contribution is 0.157. The number of hydrogen-bond acceptors (Lipinski definition) is 2. The molecule has 0 aliphatic heterocycles. The minimum Gasteiger partial charge on any atom is -0.383 e. The molecular formula is C13H17ClFNO. The summed E-state index contributed by atoms with van der Waals surface area (Å²) in [5.74, 6) is 0.358. The predicted octanol–water partition coefficient (Wildman–Crippen LogP) is 2.99. The number of nitrogens with one attached hydrogen (secondary N) is 1. The molecule has 0 amide bonds. The standard InChI is InChI=1S/C13H17ClFNO/c1-17-8-13(10-3-4-10)16-7-9-2-5-12(15)11(14)6-9/h2,5-6,10,13,16H,3-4,7-8H2,1H3. The molecule has 94 valence electrons. The van der Waals surface area contributed by atoms with Crippen molar-refractivity contribution in [2.45, 2.75) is 25.4 Å². The van der Waals surface area contributed by atoms with Crippen molar-refractivity contribution in [2.24, 2.45) is 5.92 Å². The van der Waals surface area contributed by atoms with Crippen molar-refractivity contribution >= 4 is 11.6 Å². The van der Waals surface area contributed by atoms with Gasteiger partial charge in [0.05, 0.1) is 11.6 Å². The molecule has 0 saturated heterocycles. The molecule has 1 aromatic rings. The first-order valence-electron chi connectivity index (χ1n) is 5.87. The molecule has 2 rings (SSSR count). The van der Waals surface area contributed by atoms with E-state index in [1.54, 1.807) is 19.2 Å². The third kappa shape index (κ3) is 3.66. The summed E-state index contributed by atoms with van der Waals surface area (Å²) in [6.45, 7) is 1.42. The van der Waals surface area contributed by atoms with Gasteiger partial charge < -0.3 is 10.1 Å². The van der Waals surface area contributed by atoms with Crippen LogP contribution in [-0.2, 0) is 11.3 Å². The van der Waals surface area contributed by atoms with E-state index in [9.17, 15) is 4.39 Å². The lowest BCUT2D eigenvalue weighted by atomic mass is 10.1. The molecule has 0 heterocycles. The highest BCUT2D eigenvalue weighted by Crippen LogP contribution is 2.32. The maximum absolute atomic E-state index is 13.0. The minimum atomic E-state index is -0.369. The van der Waals surface area contributed by atoms with E-state index in [2.05, 4.69) is 5.32 Å². The van der Waals surface area contributed by atoms with Gasteiger partial charge in [-0.15, -0.1) is 0 Å². The van der Waals surface area contributed by atoms with Gasteiger partial charge in [0.15, 0.2) is 0 Å². The fourth-order valence-electron chi connectivity index (χ4n) is 1.94. The van der Waals surface area contributed by atoms with Crippen molar-refractivity contribution in [1.29, 1.82) is 0 Å². The SMILES string of the molecule is COCC(NCc1ccc(F)c(Cl)c1)C1CC1. The first kappa shape index (κ1) is 12.8. The van der Waals surface area contributed by atoms with Crippen molar-refractivity contribution in [1.82, 2.24) is 5.32 Å². The molecular weight excluding hydrogens is 241 g/mol. The van der Waals surface area contributed by atoms with Crippen molar-refractivity contribution in [3.05, 3.63) is 34.6 Å². The van der Waals surface area contributed by atoms with Crippen LogP contribution in [0.5, 0.6) is 0 Å². The highest BCUT2D eigenvalue weighted by Gasteiger charge is 2.30. The number of halogens is 2. The monoisotopic (exact) mass is 257 g/mol. The van der Waals surface area contributed by atoms with Crippen molar-refractivity contribution in [3.8, 4) is 0 Å². The fourth-order valence-corrected chi connectivity index (χ4v) is 2.14. The molecule has 1 fully saturated rings.